The SMILES string of the molecule is CC1CN(Cc2ccc3c(c2)CN(C2CCC(=O)NC2=O)C3=O)CCCN1. The van der Waals surface area contributed by atoms with Crippen LogP contribution in [0.15, 0.2) is 18.2 Å². The van der Waals surface area contributed by atoms with E-state index in [1.54, 1.807) is 4.90 Å². The summed E-state index contributed by atoms with van der Waals surface area (Å²) in [5, 5.41) is 5.85. The lowest BCUT2D eigenvalue weighted by Crippen LogP contribution is -2.52. The van der Waals surface area contributed by atoms with E-state index in [4.69, 9.17) is 0 Å². The van der Waals surface area contributed by atoms with E-state index in [-0.39, 0.29) is 24.1 Å². The molecule has 2 unspecified atom stereocenters. The van der Waals surface area contributed by atoms with E-state index in [1.807, 2.05) is 12.1 Å². The van der Waals surface area contributed by atoms with Crippen LogP contribution in [0.3, 0.4) is 0 Å². The van der Waals surface area contributed by atoms with Crippen LogP contribution in [-0.4, -0.2) is 59.2 Å². The van der Waals surface area contributed by atoms with Crippen molar-refractivity contribution in [1.82, 2.24) is 20.4 Å². The van der Waals surface area contributed by atoms with Gasteiger partial charge in [0.2, 0.25) is 11.8 Å². The molecule has 3 aliphatic heterocycles. The van der Waals surface area contributed by atoms with Crippen molar-refractivity contribution in [3.8, 4) is 0 Å². The van der Waals surface area contributed by atoms with Crippen molar-refractivity contribution < 1.29 is 14.4 Å². The molecule has 144 valence electrons. The number of fused-ring (bicyclic) bond motifs is 1. The second kappa shape index (κ2) is 7.40. The molecule has 2 fully saturated rings. The Morgan fingerprint density at radius 2 is 2.07 bits per heavy atom. The largest absolute Gasteiger partial charge is 0.322 e. The van der Waals surface area contributed by atoms with Gasteiger partial charge in [0.1, 0.15) is 6.04 Å². The number of nitrogens with one attached hydrogen (secondary N) is 2. The number of nitrogens with zero attached hydrogens (tertiary/aromatic N) is 2. The summed E-state index contributed by atoms with van der Waals surface area (Å²) in [6.45, 7) is 6.64. The first kappa shape index (κ1) is 18.1. The maximum Gasteiger partial charge on any atom is 0.255 e. The van der Waals surface area contributed by atoms with Gasteiger partial charge in [-0.25, -0.2) is 0 Å². The molecule has 0 spiro atoms. The first-order chi connectivity index (χ1) is 13.0. The van der Waals surface area contributed by atoms with E-state index in [2.05, 4.69) is 28.5 Å². The van der Waals surface area contributed by atoms with E-state index in [0.717, 1.165) is 38.2 Å². The number of benzene rings is 1. The zero-order valence-electron chi connectivity index (χ0n) is 15.7. The van der Waals surface area contributed by atoms with Crippen molar-refractivity contribution in [2.75, 3.05) is 19.6 Å². The number of amides is 3. The number of hydrogen-bond donors (Lipinski definition) is 2. The van der Waals surface area contributed by atoms with E-state index in [0.29, 0.717) is 24.6 Å². The van der Waals surface area contributed by atoms with Gasteiger partial charge in [-0.3, -0.25) is 24.6 Å². The quantitative estimate of drug-likeness (QED) is 0.763. The molecule has 0 aliphatic carbocycles. The van der Waals surface area contributed by atoms with Gasteiger partial charge in [-0.1, -0.05) is 12.1 Å². The summed E-state index contributed by atoms with van der Waals surface area (Å²) in [5.41, 5.74) is 2.85. The molecule has 2 N–H and O–H groups in total. The highest BCUT2D eigenvalue weighted by Crippen LogP contribution is 2.28. The summed E-state index contributed by atoms with van der Waals surface area (Å²) < 4.78 is 0. The van der Waals surface area contributed by atoms with Gasteiger partial charge < -0.3 is 10.2 Å². The number of piperidine rings is 1. The molecule has 7 nitrogen and oxygen atoms in total. The van der Waals surface area contributed by atoms with Gasteiger partial charge in [0, 0.05) is 37.7 Å². The van der Waals surface area contributed by atoms with Crippen LogP contribution in [0, 0.1) is 0 Å². The molecule has 2 atom stereocenters. The summed E-state index contributed by atoms with van der Waals surface area (Å²) in [4.78, 5) is 40.3. The molecular weight excluding hydrogens is 344 g/mol. The van der Waals surface area contributed by atoms with Crippen LogP contribution in [0.5, 0.6) is 0 Å². The molecule has 4 rings (SSSR count). The molecule has 3 aliphatic rings. The molecular formula is C20H26N4O3. The van der Waals surface area contributed by atoms with Gasteiger partial charge in [-0.05, 0) is 50.0 Å². The molecule has 27 heavy (non-hydrogen) atoms. The predicted molar refractivity (Wildman–Crippen MR) is 99.8 cm³/mol. The zero-order valence-corrected chi connectivity index (χ0v) is 15.7. The lowest BCUT2D eigenvalue weighted by Gasteiger charge is -2.29. The third kappa shape index (κ3) is 3.75. The second-order valence-electron chi connectivity index (χ2n) is 7.84. The second-order valence-corrected chi connectivity index (χ2v) is 7.84. The highest BCUT2D eigenvalue weighted by molar-refractivity contribution is 6.05. The van der Waals surface area contributed by atoms with Crippen LogP contribution < -0.4 is 10.6 Å². The van der Waals surface area contributed by atoms with Crippen LogP contribution in [0.25, 0.3) is 0 Å². The number of carbonyl (C=O) groups is 3. The van der Waals surface area contributed by atoms with Crippen LogP contribution in [-0.2, 0) is 22.7 Å². The van der Waals surface area contributed by atoms with E-state index >= 15 is 0 Å². The molecule has 0 radical (unpaired) electrons. The third-order valence-electron chi connectivity index (χ3n) is 5.67. The molecule has 3 heterocycles. The van der Waals surface area contributed by atoms with Crippen molar-refractivity contribution in [3.63, 3.8) is 0 Å². The Kier molecular flexibility index (Phi) is 4.97. The molecule has 7 heteroatoms. The van der Waals surface area contributed by atoms with Crippen molar-refractivity contribution in [1.29, 1.82) is 0 Å². The molecule has 0 saturated carbocycles. The van der Waals surface area contributed by atoms with Gasteiger partial charge in [0.15, 0.2) is 0 Å². The lowest BCUT2D eigenvalue weighted by atomic mass is 10.0. The maximum absolute atomic E-state index is 12.8. The summed E-state index contributed by atoms with van der Waals surface area (Å²) in [7, 11) is 0. The minimum absolute atomic E-state index is 0.112. The average molecular weight is 370 g/mol. The Morgan fingerprint density at radius 3 is 2.89 bits per heavy atom. The topological polar surface area (TPSA) is 81.8 Å². The van der Waals surface area contributed by atoms with Gasteiger partial charge in [0.25, 0.3) is 5.91 Å². The highest BCUT2D eigenvalue weighted by Gasteiger charge is 2.39. The number of imide groups is 1. The van der Waals surface area contributed by atoms with E-state index in [1.165, 1.54) is 5.56 Å². The Hall–Kier alpha value is -2.25. The smallest absolute Gasteiger partial charge is 0.255 e. The van der Waals surface area contributed by atoms with Crippen molar-refractivity contribution >= 4 is 17.7 Å². The molecule has 2 saturated heterocycles. The monoisotopic (exact) mass is 370 g/mol. The third-order valence-corrected chi connectivity index (χ3v) is 5.67. The van der Waals surface area contributed by atoms with Crippen LogP contribution >= 0.6 is 0 Å². The molecule has 1 aromatic carbocycles. The average Bonchev–Trinajstić information content (AvgIpc) is 2.80. The van der Waals surface area contributed by atoms with Crippen molar-refractivity contribution in [3.05, 3.63) is 34.9 Å². The lowest BCUT2D eigenvalue weighted by molar-refractivity contribution is -0.136. The predicted octanol–water partition coefficient (Wildman–Crippen LogP) is 0.631. The van der Waals surface area contributed by atoms with Gasteiger partial charge in [0.05, 0.1) is 0 Å². The van der Waals surface area contributed by atoms with Gasteiger partial charge >= 0.3 is 0 Å². The summed E-state index contributed by atoms with van der Waals surface area (Å²) >= 11 is 0. The maximum atomic E-state index is 12.8. The Morgan fingerprint density at radius 1 is 1.22 bits per heavy atom. The number of carbonyl (C=O) groups excluding carboxylic acids is 3. The van der Waals surface area contributed by atoms with Gasteiger partial charge in [-0.2, -0.15) is 0 Å². The van der Waals surface area contributed by atoms with E-state index < -0.39 is 6.04 Å². The van der Waals surface area contributed by atoms with E-state index in [9.17, 15) is 14.4 Å². The summed E-state index contributed by atoms with van der Waals surface area (Å²) in [5.74, 6) is -0.735. The fraction of sp³-hybridized carbons (Fsp3) is 0.550. The fourth-order valence-corrected chi connectivity index (χ4v) is 4.32. The molecule has 1 aromatic rings. The summed E-state index contributed by atoms with van der Waals surface area (Å²) in [6.07, 6.45) is 1.82. The zero-order chi connectivity index (χ0) is 19.0. The van der Waals surface area contributed by atoms with Gasteiger partial charge in [-0.15, -0.1) is 0 Å². The molecule has 0 aromatic heterocycles. The normalized spacial score (nSPS) is 26.7. The van der Waals surface area contributed by atoms with Crippen molar-refractivity contribution in [2.45, 2.75) is 51.4 Å². The molecule has 3 amide bonds. The highest BCUT2D eigenvalue weighted by atomic mass is 16.2. The number of hydrogen-bond acceptors (Lipinski definition) is 5. The Labute approximate surface area is 159 Å². The molecule has 0 bridgehead atoms. The number of rotatable bonds is 3. The minimum Gasteiger partial charge on any atom is -0.322 e. The van der Waals surface area contributed by atoms with Crippen LogP contribution in [0.2, 0.25) is 0 Å². The van der Waals surface area contributed by atoms with Crippen molar-refractivity contribution in [2.24, 2.45) is 0 Å². The first-order valence-electron chi connectivity index (χ1n) is 9.73. The summed E-state index contributed by atoms with van der Waals surface area (Å²) in [6, 6.07) is 5.93. The first-order valence-corrected chi connectivity index (χ1v) is 9.73. The van der Waals surface area contributed by atoms with Crippen LogP contribution in [0.4, 0.5) is 0 Å². The fourth-order valence-electron chi connectivity index (χ4n) is 4.32. The Bertz CT molecular complexity index is 778. The van der Waals surface area contributed by atoms with Crippen LogP contribution in [0.1, 0.15) is 47.7 Å². The Balaban J connectivity index is 1.47. The minimum atomic E-state index is -0.552. The standard InChI is InChI=1S/C20H26N4O3/c1-13-10-23(8-2-7-21-13)11-14-3-4-16-15(9-14)12-24(20(16)27)17-5-6-18(25)22-19(17)26/h3-4,9,13,17,21H,2,5-8,10-12H2,1H3,(H,22,25,26).